The molecule has 0 atom stereocenters. The van der Waals surface area contributed by atoms with E-state index >= 15 is 0 Å². The molecule has 3 rings (SSSR count). The topological polar surface area (TPSA) is 68.5 Å². The van der Waals surface area contributed by atoms with Gasteiger partial charge in [-0.15, -0.1) is 0 Å². The molecule has 0 radical (unpaired) electrons. The van der Waals surface area contributed by atoms with Gasteiger partial charge in [0.2, 0.25) is 4.80 Å². The molecule has 1 N–H and O–H groups in total. The molecule has 1 aliphatic rings. The Hall–Kier alpha value is -2.20. The summed E-state index contributed by atoms with van der Waals surface area (Å²) in [6.07, 6.45) is -1.25. The molecule has 1 amide bonds. The molecule has 2 aromatic rings. The number of alkyl halides is 3. The fourth-order valence-electron chi connectivity index (χ4n) is 3.05. The predicted octanol–water partition coefficient (Wildman–Crippen LogP) is 5.48. The summed E-state index contributed by atoms with van der Waals surface area (Å²) in [5.74, 6) is -0.353. The summed E-state index contributed by atoms with van der Waals surface area (Å²) in [7, 11) is 0. The van der Waals surface area contributed by atoms with Gasteiger partial charge in [-0.1, -0.05) is 38.5 Å². The lowest BCUT2D eigenvalue weighted by atomic mass is 9.85. The first-order chi connectivity index (χ1) is 15.1. The predicted molar refractivity (Wildman–Crippen MR) is 121 cm³/mol. The van der Waals surface area contributed by atoms with Gasteiger partial charge >= 0.3 is 6.18 Å². The smallest absolute Gasteiger partial charge is 0.407 e. The second kappa shape index (κ2) is 9.21. The molecule has 0 bridgehead atoms. The van der Waals surface area contributed by atoms with E-state index in [0.29, 0.717) is 17.3 Å². The number of benzene rings is 1. The number of hydrogen-bond donors (Lipinski definition) is 1. The molecule has 6 nitrogen and oxygen atoms in total. The number of hydroxylamine groups is 1. The molecular formula is C23H31F3N4O2S. The quantitative estimate of drug-likeness (QED) is 0.571. The summed E-state index contributed by atoms with van der Waals surface area (Å²) in [6.45, 7) is 12.2. The van der Waals surface area contributed by atoms with E-state index in [4.69, 9.17) is 4.84 Å². The third-order valence-electron chi connectivity index (χ3n) is 5.12. The van der Waals surface area contributed by atoms with Crippen LogP contribution in [0, 0.1) is 5.92 Å². The first kappa shape index (κ1) is 25.4. The number of nitrogens with one attached hydrogen (secondary N) is 1. The minimum Gasteiger partial charge on any atom is -0.407 e. The van der Waals surface area contributed by atoms with Gasteiger partial charge in [-0.3, -0.25) is 4.79 Å². The van der Waals surface area contributed by atoms with E-state index in [1.165, 1.54) is 17.8 Å². The van der Waals surface area contributed by atoms with Crippen molar-refractivity contribution >= 4 is 17.2 Å². The van der Waals surface area contributed by atoms with Crippen LogP contribution in [0.2, 0.25) is 0 Å². The highest BCUT2D eigenvalue weighted by Gasteiger charge is 2.32. The van der Waals surface area contributed by atoms with Crippen LogP contribution in [0.3, 0.4) is 0 Å². The lowest BCUT2D eigenvalue weighted by Gasteiger charge is -2.24. The Kier molecular flexibility index (Phi) is 7.10. The minimum absolute atomic E-state index is 0.0159. The zero-order chi connectivity index (χ0) is 24.6. The Labute approximate surface area is 195 Å². The fraction of sp³-hybridized carbons (Fsp3) is 0.609. The number of carbonyl (C=O) groups excluding carboxylic acids is 1. The lowest BCUT2D eigenvalue weighted by Crippen LogP contribution is -2.38. The van der Waals surface area contributed by atoms with Gasteiger partial charge in [-0.2, -0.15) is 28.7 Å². The maximum atomic E-state index is 13.3. The second-order valence-electron chi connectivity index (χ2n) is 10.5. The van der Waals surface area contributed by atoms with Crippen LogP contribution in [-0.2, 0) is 18.1 Å². The first-order valence-electron chi connectivity index (χ1n) is 11.0. The summed E-state index contributed by atoms with van der Waals surface area (Å²) in [6, 6.07) is 2.81. The lowest BCUT2D eigenvalue weighted by molar-refractivity contribution is -0.137. The summed E-state index contributed by atoms with van der Waals surface area (Å²) in [5.41, 5.74) is 0.815. The number of aromatic nitrogens is 2. The zero-order valence-corrected chi connectivity index (χ0v) is 20.7. The third kappa shape index (κ3) is 6.66. The van der Waals surface area contributed by atoms with Crippen molar-refractivity contribution in [1.29, 1.82) is 0 Å². The van der Waals surface area contributed by atoms with Gasteiger partial charge in [-0.05, 0) is 57.7 Å². The molecule has 1 heterocycles. The molecule has 1 aliphatic carbocycles. The second-order valence-corrected chi connectivity index (χ2v) is 11.5. The van der Waals surface area contributed by atoms with E-state index in [-0.39, 0.29) is 16.7 Å². The van der Waals surface area contributed by atoms with Crippen LogP contribution in [-0.4, -0.2) is 21.2 Å². The summed E-state index contributed by atoms with van der Waals surface area (Å²) in [4.78, 5) is 23.2. The van der Waals surface area contributed by atoms with Crippen LogP contribution >= 0.6 is 11.3 Å². The van der Waals surface area contributed by atoms with Crippen LogP contribution in [0.15, 0.2) is 23.2 Å². The van der Waals surface area contributed by atoms with E-state index in [9.17, 15) is 18.0 Å². The maximum Gasteiger partial charge on any atom is 0.416 e. The van der Waals surface area contributed by atoms with E-state index < -0.39 is 23.2 Å². The molecular weight excluding hydrogens is 453 g/mol. The molecule has 0 spiro atoms. The number of nitrogens with zero attached hydrogens (tertiary/aromatic N) is 3. The van der Waals surface area contributed by atoms with Crippen molar-refractivity contribution in [3.63, 3.8) is 0 Å². The molecule has 1 saturated carbocycles. The van der Waals surface area contributed by atoms with E-state index in [0.717, 1.165) is 36.0 Å². The number of amides is 1. The Morgan fingerprint density at radius 2 is 1.88 bits per heavy atom. The van der Waals surface area contributed by atoms with Gasteiger partial charge in [0, 0.05) is 17.5 Å². The van der Waals surface area contributed by atoms with Crippen LogP contribution < -0.4 is 15.1 Å². The van der Waals surface area contributed by atoms with Crippen molar-refractivity contribution in [1.82, 2.24) is 15.3 Å². The molecule has 182 valence electrons. The first-order valence-corrected chi connectivity index (χ1v) is 11.8. The molecule has 10 heteroatoms. The maximum absolute atomic E-state index is 13.3. The molecule has 0 unspecified atom stereocenters. The molecule has 0 aliphatic heterocycles. The molecule has 0 saturated heterocycles. The van der Waals surface area contributed by atoms with Crippen molar-refractivity contribution in [2.45, 2.75) is 84.5 Å². The van der Waals surface area contributed by atoms with Crippen molar-refractivity contribution in [3.8, 4) is 5.75 Å². The zero-order valence-electron chi connectivity index (χ0n) is 19.8. The number of rotatable bonds is 5. The minimum atomic E-state index is -4.60. The molecule has 33 heavy (non-hydrogen) atoms. The fourth-order valence-corrected chi connectivity index (χ4v) is 4.02. The van der Waals surface area contributed by atoms with Gasteiger partial charge in [0.05, 0.1) is 11.1 Å². The van der Waals surface area contributed by atoms with Crippen molar-refractivity contribution < 1.29 is 22.8 Å². The van der Waals surface area contributed by atoms with E-state index in [2.05, 4.69) is 15.6 Å². The Bertz CT molecular complexity index is 1070. The monoisotopic (exact) mass is 484 g/mol. The largest absolute Gasteiger partial charge is 0.416 e. The Morgan fingerprint density at radius 1 is 1.21 bits per heavy atom. The normalized spacial score (nSPS) is 16.1. The Morgan fingerprint density at radius 3 is 2.39 bits per heavy atom. The number of halogens is 3. The van der Waals surface area contributed by atoms with Gasteiger partial charge in [-0.25, -0.2) is 4.68 Å². The molecule has 1 fully saturated rings. The molecule has 1 aromatic heterocycles. The van der Waals surface area contributed by atoms with E-state index in [1.807, 2.05) is 41.5 Å². The number of hydrogen-bond acceptors (Lipinski definition) is 5. The van der Waals surface area contributed by atoms with Gasteiger partial charge in [0.1, 0.15) is 5.01 Å². The van der Waals surface area contributed by atoms with Crippen LogP contribution in [0.5, 0.6) is 5.75 Å². The van der Waals surface area contributed by atoms with Crippen LogP contribution in [0.25, 0.3) is 0 Å². The highest BCUT2D eigenvalue weighted by atomic mass is 32.1. The van der Waals surface area contributed by atoms with Gasteiger partial charge < -0.3 is 4.84 Å². The van der Waals surface area contributed by atoms with Crippen LogP contribution in [0.4, 0.5) is 13.2 Å². The third-order valence-corrected chi connectivity index (χ3v) is 6.49. The summed E-state index contributed by atoms with van der Waals surface area (Å²) >= 11 is 1.28. The van der Waals surface area contributed by atoms with Gasteiger partial charge in [0.15, 0.2) is 5.75 Å². The highest BCUT2D eigenvalue weighted by molar-refractivity contribution is 7.09. The number of carbonyl (C=O) groups is 1. The van der Waals surface area contributed by atoms with E-state index in [1.54, 1.807) is 4.68 Å². The average Bonchev–Trinajstić information content (AvgIpc) is 3.04. The SMILES string of the molecule is CC(C)(C)NOc1ccc(C(F)(F)F)cc1C(=O)N=c1sc(C(C)(C)C)nn1CC1CCC1. The summed E-state index contributed by atoms with van der Waals surface area (Å²) in [5, 5.41) is 5.47. The standard InChI is InChI=1S/C23H31F3N4O2S/c1-21(2,3)19-28-30(13-14-8-7-9-14)20(33-19)27-18(31)16-12-15(23(24,25)26)10-11-17(16)32-29-22(4,5)6/h10-12,14,29H,7-9,13H2,1-6H3. The van der Waals surface area contributed by atoms with Crippen LogP contribution in [0.1, 0.15) is 81.7 Å². The highest BCUT2D eigenvalue weighted by Crippen LogP contribution is 2.33. The Balaban J connectivity index is 2.05. The van der Waals surface area contributed by atoms with Crippen molar-refractivity contribution in [2.75, 3.05) is 0 Å². The average molecular weight is 485 g/mol. The van der Waals surface area contributed by atoms with Gasteiger partial charge in [0.25, 0.3) is 5.91 Å². The van der Waals surface area contributed by atoms with Crippen molar-refractivity contribution in [3.05, 3.63) is 39.1 Å². The summed E-state index contributed by atoms with van der Waals surface area (Å²) < 4.78 is 41.7. The molecule has 1 aromatic carbocycles. The van der Waals surface area contributed by atoms with Crippen molar-refractivity contribution in [2.24, 2.45) is 10.9 Å².